The number of benzene rings is 1. The fourth-order valence-electron chi connectivity index (χ4n) is 4.75. The summed E-state index contributed by atoms with van der Waals surface area (Å²) >= 11 is 3.43. The molecule has 4 aromatic rings. The van der Waals surface area contributed by atoms with Crippen LogP contribution >= 0.6 is 22.7 Å². The van der Waals surface area contributed by atoms with Crippen molar-refractivity contribution < 1.29 is 4.79 Å². The summed E-state index contributed by atoms with van der Waals surface area (Å²) in [6.07, 6.45) is 5.40. The number of carbonyl (C=O) groups is 1. The van der Waals surface area contributed by atoms with Gasteiger partial charge in [0.25, 0.3) is 5.91 Å². The van der Waals surface area contributed by atoms with E-state index in [2.05, 4.69) is 46.1 Å². The largest absolute Gasteiger partial charge is 0.293 e. The van der Waals surface area contributed by atoms with Crippen molar-refractivity contribution in [2.24, 2.45) is 11.0 Å². The van der Waals surface area contributed by atoms with E-state index in [1.165, 1.54) is 15.3 Å². The van der Waals surface area contributed by atoms with Crippen molar-refractivity contribution in [2.45, 2.75) is 25.3 Å². The number of fused-ring (bicyclic) bond motifs is 2. The van der Waals surface area contributed by atoms with Crippen LogP contribution in [-0.2, 0) is 0 Å². The summed E-state index contributed by atoms with van der Waals surface area (Å²) in [7, 11) is 0. The van der Waals surface area contributed by atoms with Crippen molar-refractivity contribution in [3.8, 4) is 0 Å². The highest BCUT2D eigenvalue weighted by atomic mass is 32.1. The van der Waals surface area contributed by atoms with Gasteiger partial charge in [0.15, 0.2) is 0 Å². The topological polar surface area (TPSA) is 45.6 Å². The molecule has 6 rings (SSSR count). The molecule has 0 unspecified atom stereocenters. The Labute approximate surface area is 194 Å². The number of aromatic nitrogens is 1. The number of para-hydroxylation sites is 1. The van der Waals surface area contributed by atoms with E-state index in [0.29, 0.717) is 5.69 Å². The molecule has 1 aromatic carbocycles. The first kappa shape index (κ1) is 19.6. The molecule has 158 valence electrons. The lowest BCUT2D eigenvalue weighted by atomic mass is 9.79. The number of hydrogen-bond donors (Lipinski definition) is 0. The van der Waals surface area contributed by atoms with E-state index in [0.717, 1.165) is 35.9 Å². The Kier molecular flexibility index (Phi) is 4.97. The molecular formula is C26H21N3OS2. The minimum atomic E-state index is -0.133. The van der Waals surface area contributed by atoms with Crippen molar-refractivity contribution in [1.82, 2.24) is 9.99 Å². The van der Waals surface area contributed by atoms with Crippen LogP contribution < -0.4 is 0 Å². The molecule has 1 fully saturated rings. The Bertz CT molecular complexity index is 1340. The van der Waals surface area contributed by atoms with Gasteiger partial charge in [-0.1, -0.05) is 36.4 Å². The van der Waals surface area contributed by atoms with Gasteiger partial charge in [-0.15, -0.1) is 22.7 Å². The number of hydrazone groups is 1. The van der Waals surface area contributed by atoms with Crippen LogP contribution in [0.25, 0.3) is 17.0 Å². The fraction of sp³-hybridized carbons (Fsp3) is 0.192. The predicted molar refractivity (Wildman–Crippen MR) is 132 cm³/mol. The lowest BCUT2D eigenvalue weighted by Crippen LogP contribution is -2.31. The Morgan fingerprint density at radius 1 is 1.00 bits per heavy atom. The molecule has 3 aromatic heterocycles. The highest BCUT2D eigenvalue weighted by Gasteiger charge is 2.44. The number of pyridine rings is 1. The summed E-state index contributed by atoms with van der Waals surface area (Å²) in [6.45, 7) is 0. The van der Waals surface area contributed by atoms with Crippen molar-refractivity contribution in [3.63, 3.8) is 0 Å². The number of nitrogens with zero attached hydrogens (tertiary/aromatic N) is 3. The molecule has 1 saturated carbocycles. The van der Waals surface area contributed by atoms with Crippen molar-refractivity contribution in [3.05, 3.63) is 92.4 Å². The average Bonchev–Trinajstić information content (AvgIpc) is 3.59. The van der Waals surface area contributed by atoms with Crippen molar-refractivity contribution >= 4 is 51.3 Å². The SMILES string of the molecule is O=C(c1ccc2ccccc2n1)N1N=C2/C(=C\c3cccs3)CCC[C@H]2[C@H]1c1cccs1. The molecule has 0 spiro atoms. The van der Waals surface area contributed by atoms with Gasteiger partial charge in [0.1, 0.15) is 5.69 Å². The van der Waals surface area contributed by atoms with Gasteiger partial charge in [0.2, 0.25) is 0 Å². The Morgan fingerprint density at radius 2 is 1.88 bits per heavy atom. The Hall–Kier alpha value is -3.09. The predicted octanol–water partition coefficient (Wildman–Crippen LogP) is 6.79. The van der Waals surface area contributed by atoms with E-state index in [1.54, 1.807) is 27.7 Å². The zero-order valence-electron chi connectivity index (χ0n) is 17.3. The van der Waals surface area contributed by atoms with Crippen LogP contribution in [0.5, 0.6) is 0 Å². The third-order valence-corrected chi connectivity index (χ3v) is 7.98. The molecule has 0 N–H and O–H groups in total. The monoisotopic (exact) mass is 455 g/mol. The van der Waals surface area contributed by atoms with Crippen LogP contribution in [0, 0.1) is 5.92 Å². The van der Waals surface area contributed by atoms with Crippen LogP contribution in [0.15, 0.2) is 82.1 Å². The van der Waals surface area contributed by atoms with Gasteiger partial charge >= 0.3 is 0 Å². The van der Waals surface area contributed by atoms with Gasteiger partial charge in [-0.2, -0.15) is 5.10 Å². The standard InChI is InChI=1S/C26H21N3OS2/c30-26(22-13-12-17-6-1-2-10-21(17)27-22)29-25(23-11-5-15-32-23)20-9-3-7-18(24(20)28-29)16-19-8-4-14-31-19/h1-2,4-6,8,10-16,20,25H,3,7,9H2/b18-16-/t20-,25+/m1/s1. The first-order valence-corrected chi connectivity index (χ1v) is 12.6. The van der Waals surface area contributed by atoms with Gasteiger partial charge in [-0.25, -0.2) is 9.99 Å². The second-order valence-corrected chi connectivity index (χ2v) is 10.1. The number of allylic oxidation sites excluding steroid dienone is 1. The third-order valence-electron chi connectivity index (χ3n) is 6.22. The summed E-state index contributed by atoms with van der Waals surface area (Å²) in [5, 5.41) is 11.9. The van der Waals surface area contributed by atoms with Gasteiger partial charge in [-0.05, 0) is 65.9 Å². The first-order valence-electron chi connectivity index (χ1n) is 10.8. The van der Waals surface area contributed by atoms with E-state index in [1.807, 2.05) is 36.4 Å². The molecule has 1 amide bonds. The van der Waals surface area contributed by atoms with Crippen LogP contribution in [0.1, 0.15) is 45.5 Å². The quantitative estimate of drug-likeness (QED) is 0.341. The lowest BCUT2D eigenvalue weighted by Gasteiger charge is -2.28. The first-order chi connectivity index (χ1) is 15.8. The highest BCUT2D eigenvalue weighted by Crippen LogP contribution is 2.46. The fourth-order valence-corrected chi connectivity index (χ4v) is 6.31. The highest BCUT2D eigenvalue weighted by molar-refractivity contribution is 7.11. The number of amides is 1. The van der Waals surface area contributed by atoms with Crippen LogP contribution in [0.4, 0.5) is 0 Å². The summed E-state index contributed by atoms with van der Waals surface area (Å²) in [5.74, 6) is 0.0875. The van der Waals surface area contributed by atoms with E-state index >= 15 is 0 Å². The maximum atomic E-state index is 13.7. The third kappa shape index (κ3) is 3.40. The van der Waals surface area contributed by atoms with E-state index in [4.69, 9.17) is 5.10 Å². The summed E-state index contributed by atoms with van der Waals surface area (Å²) in [6, 6.07) is 20.0. The summed E-state index contributed by atoms with van der Waals surface area (Å²) in [5.41, 5.74) is 3.59. The van der Waals surface area contributed by atoms with Gasteiger partial charge in [-0.3, -0.25) is 4.79 Å². The number of hydrogen-bond acceptors (Lipinski definition) is 5. The molecule has 0 bridgehead atoms. The molecule has 0 saturated heterocycles. The summed E-state index contributed by atoms with van der Waals surface area (Å²) < 4.78 is 0. The minimum Gasteiger partial charge on any atom is -0.265 e. The van der Waals surface area contributed by atoms with Crippen LogP contribution in [0.3, 0.4) is 0 Å². The smallest absolute Gasteiger partial charge is 0.265 e. The maximum absolute atomic E-state index is 13.7. The second kappa shape index (κ2) is 8.11. The zero-order valence-corrected chi connectivity index (χ0v) is 19.0. The number of carbonyl (C=O) groups excluding carboxylic acids is 1. The molecule has 1 aliphatic heterocycles. The molecule has 32 heavy (non-hydrogen) atoms. The van der Waals surface area contributed by atoms with E-state index in [9.17, 15) is 4.79 Å². The molecule has 1 aliphatic carbocycles. The normalized spacial score (nSPS) is 21.7. The van der Waals surface area contributed by atoms with Crippen LogP contribution in [-0.4, -0.2) is 21.6 Å². The second-order valence-electron chi connectivity index (χ2n) is 8.17. The molecule has 2 aliphatic rings. The molecule has 4 nitrogen and oxygen atoms in total. The zero-order chi connectivity index (χ0) is 21.5. The van der Waals surface area contributed by atoms with Gasteiger partial charge < -0.3 is 0 Å². The van der Waals surface area contributed by atoms with Gasteiger partial charge in [0, 0.05) is 21.1 Å². The minimum absolute atomic E-state index is 0.0715. The molecule has 0 radical (unpaired) electrons. The number of thiophene rings is 2. The average molecular weight is 456 g/mol. The van der Waals surface area contributed by atoms with E-state index in [-0.39, 0.29) is 17.9 Å². The van der Waals surface area contributed by atoms with Crippen molar-refractivity contribution in [1.29, 1.82) is 0 Å². The Morgan fingerprint density at radius 3 is 2.72 bits per heavy atom. The Balaban J connectivity index is 1.43. The lowest BCUT2D eigenvalue weighted by molar-refractivity contribution is 0.0678. The molecule has 4 heterocycles. The molecular weight excluding hydrogens is 434 g/mol. The van der Waals surface area contributed by atoms with Crippen molar-refractivity contribution in [2.75, 3.05) is 0 Å². The van der Waals surface area contributed by atoms with E-state index < -0.39 is 0 Å². The maximum Gasteiger partial charge on any atom is 0.293 e. The van der Waals surface area contributed by atoms with Gasteiger partial charge in [0.05, 0.1) is 17.3 Å². The molecule has 2 atom stereocenters. The summed E-state index contributed by atoms with van der Waals surface area (Å²) in [4.78, 5) is 20.8. The number of rotatable bonds is 3. The van der Waals surface area contributed by atoms with Crippen LogP contribution in [0.2, 0.25) is 0 Å². The molecule has 6 heteroatoms.